The van der Waals surface area contributed by atoms with Crippen LogP contribution in [0.5, 0.6) is 0 Å². The van der Waals surface area contributed by atoms with E-state index in [1.54, 1.807) is 17.2 Å². The van der Waals surface area contributed by atoms with E-state index in [0.29, 0.717) is 38.0 Å². The Bertz CT molecular complexity index is 801. The smallest absolute Gasteiger partial charge is 0.325 e. The first kappa shape index (κ1) is 20.9. The zero-order chi connectivity index (χ0) is 20.5. The van der Waals surface area contributed by atoms with E-state index in [9.17, 15) is 14.4 Å². The van der Waals surface area contributed by atoms with Gasteiger partial charge in [0, 0.05) is 18.5 Å². The SMILES string of the molecule is C=C(C)CN1C(=O)N[C@](CC)(C2CCN(C(=O)c3csc(SC)n3)CC2)C1=O. The summed E-state index contributed by atoms with van der Waals surface area (Å²) in [6.07, 6.45) is 3.82. The third-order valence-electron chi connectivity index (χ3n) is 5.54. The van der Waals surface area contributed by atoms with Crippen molar-refractivity contribution in [3.05, 3.63) is 23.2 Å². The molecule has 28 heavy (non-hydrogen) atoms. The lowest BCUT2D eigenvalue weighted by molar-refractivity contribution is -0.133. The number of likely N-dealkylation sites (tertiary alicyclic amines) is 1. The van der Waals surface area contributed by atoms with Crippen molar-refractivity contribution in [1.29, 1.82) is 0 Å². The van der Waals surface area contributed by atoms with Gasteiger partial charge in [-0.2, -0.15) is 0 Å². The molecule has 152 valence electrons. The number of carbonyl (C=O) groups excluding carboxylic acids is 3. The van der Waals surface area contributed by atoms with Gasteiger partial charge in [0.2, 0.25) is 0 Å². The Morgan fingerprint density at radius 3 is 2.64 bits per heavy atom. The average molecular weight is 423 g/mol. The monoisotopic (exact) mass is 422 g/mol. The van der Waals surface area contributed by atoms with E-state index < -0.39 is 5.54 Å². The standard InChI is InChI=1S/C19H26N4O3S2/c1-5-19(16(25)23(10-12(2)3)17(26)21-19)13-6-8-22(9-7-13)15(24)14-11-28-18(20-14)27-4/h11,13H,2,5-10H2,1,3-4H3,(H,21,26)/t19-/m1/s1. The highest BCUT2D eigenvalue weighted by Gasteiger charge is 2.54. The van der Waals surface area contributed by atoms with E-state index in [4.69, 9.17) is 0 Å². The second-order valence-electron chi connectivity index (χ2n) is 7.37. The van der Waals surface area contributed by atoms with Crippen LogP contribution in [0.1, 0.15) is 43.6 Å². The van der Waals surface area contributed by atoms with E-state index in [-0.39, 0.29) is 30.3 Å². The Balaban J connectivity index is 1.69. The average Bonchev–Trinajstić information content (AvgIpc) is 3.26. The molecule has 4 amide bonds. The van der Waals surface area contributed by atoms with E-state index in [0.717, 1.165) is 9.91 Å². The molecule has 0 aromatic carbocycles. The van der Waals surface area contributed by atoms with E-state index in [2.05, 4.69) is 16.9 Å². The molecule has 2 aliphatic heterocycles. The van der Waals surface area contributed by atoms with Gasteiger partial charge in [-0.15, -0.1) is 11.3 Å². The molecule has 7 nitrogen and oxygen atoms in total. The second kappa shape index (κ2) is 8.24. The number of nitrogens with one attached hydrogen (secondary N) is 1. The van der Waals surface area contributed by atoms with Crippen LogP contribution < -0.4 is 5.32 Å². The van der Waals surface area contributed by atoms with Crippen molar-refractivity contribution in [1.82, 2.24) is 20.1 Å². The van der Waals surface area contributed by atoms with Crippen molar-refractivity contribution in [3.8, 4) is 0 Å². The third kappa shape index (κ3) is 3.69. The van der Waals surface area contributed by atoms with Gasteiger partial charge in [-0.25, -0.2) is 9.78 Å². The maximum atomic E-state index is 13.1. The Kier molecular flexibility index (Phi) is 6.14. The normalized spacial score (nSPS) is 23.2. The molecular formula is C19H26N4O3S2. The van der Waals surface area contributed by atoms with Crippen molar-refractivity contribution >= 4 is 40.9 Å². The van der Waals surface area contributed by atoms with E-state index in [1.807, 2.05) is 13.2 Å². The van der Waals surface area contributed by atoms with Crippen LogP contribution in [-0.4, -0.2) is 64.1 Å². The fourth-order valence-electron chi connectivity index (χ4n) is 4.05. The lowest BCUT2D eigenvalue weighted by Crippen LogP contribution is -2.56. The third-order valence-corrected chi connectivity index (χ3v) is 7.41. The summed E-state index contributed by atoms with van der Waals surface area (Å²) < 4.78 is 0.875. The van der Waals surface area contributed by atoms with Gasteiger partial charge in [-0.1, -0.05) is 30.8 Å². The number of thioether (sulfide) groups is 1. The van der Waals surface area contributed by atoms with E-state index in [1.165, 1.54) is 28.0 Å². The molecule has 3 heterocycles. The molecule has 1 aromatic rings. The maximum Gasteiger partial charge on any atom is 0.325 e. The lowest BCUT2D eigenvalue weighted by Gasteiger charge is -2.40. The first-order valence-corrected chi connectivity index (χ1v) is 11.5. The number of hydrogen-bond donors (Lipinski definition) is 1. The molecule has 1 atom stereocenters. The van der Waals surface area contributed by atoms with Crippen molar-refractivity contribution in [2.75, 3.05) is 25.9 Å². The number of urea groups is 1. The van der Waals surface area contributed by atoms with Crippen molar-refractivity contribution in [3.63, 3.8) is 0 Å². The van der Waals surface area contributed by atoms with Gasteiger partial charge < -0.3 is 10.2 Å². The topological polar surface area (TPSA) is 82.6 Å². The van der Waals surface area contributed by atoms with Crippen LogP contribution in [0.25, 0.3) is 0 Å². The number of amides is 4. The van der Waals surface area contributed by atoms with Crippen LogP contribution in [0.2, 0.25) is 0 Å². The number of hydrogen-bond acceptors (Lipinski definition) is 6. The summed E-state index contributed by atoms with van der Waals surface area (Å²) in [5.41, 5.74) is 0.369. The Hall–Kier alpha value is -1.87. The fraction of sp³-hybridized carbons (Fsp3) is 0.579. The maximum absolute atomic E-state index is 13.1. The zero-order valence-corrected chi connectivity index (χ0v) is 18.1. The highest BCUT2D eigenvalue weighted by atomic mass is 32.2. The number of rotatable bonds is 6. The van der Waals surface area contributed by atoms with Crippen LogP contribution in [0.15, 0.2) is 21.9 Å². The van der Waals surface area contributed by atoms with Crippen molar-refractivity contribution in [2.45, 2.75) is 43.0 Å². The minimum atomic E-state index is -0.881. The molecule has 2 fully saturated rings. The summed E-state index contributed by atoms with van der Waals surface area (Å²) in [5.74, 6) is -0.228. The number of carbonyl (C=O) groups is 3. The van der Waals surface area contributed by atoms with E-state index >= 15 is 0 Å². The number of imide groups is 1. The largest absolute Gasteiger partial charge is 0.337 e. The minimum absolute atomic E-state index is 0.00492. The molecule has 1 N–H and O–H groups in total. The van der Waals surface area contributed by atoms with Crippen LogP contribution >= 0.6 is 23.1 Å². The Labute approximate surface area is 173 Å². The molecule has 0 spiro atoms. The fourth-order valence-corrected chi connectivity index (χ4v) is 5.29. The van der Waals surface area contributed by atoms with Crippen LogP contribution in [0.4, 0.5) is 4.79 Å². The van der Waals surface area contributed by atoms with Crippen LogP contribution in [0.3, 0.4) is 0 Å². The molecule has 0 aliphatic carbocycles. The summed E-state index contributed by atoms with van der Waals surface area (Å²) >= 11 is 3.00. The number of nitrogens with zero attached hydrogens (tertiary/aromatic N) is 3. The van der Waals surface area contributed by atoms with Gasteiger partial charge in [-0.05, 0) is 38.4 Å². The molecule has 0 bridgehead atoms. The summed E-state index contributed by atoms with van der Waals surface area (Å²) in [6, 6.07) is -0.347. The Morgan fingerprint density at radius 2 is 2.11 bits per heavy atom. The Morgan fingerprint density at radius 1 is 1.43 bits per heavy atom. The summed E-state index contributed by atoms with van der Waals surface area (Å²) in [6.45, 7) is 8.90. The molecule has 2 saturated heterocycles. The molecule has 0 radical (unpaired) electrons. The van der Waals surface area contributed by atoms with Gasteiger partial charge >= 0.3 is 6.03 Å². The minimum Gasteiger partial charge on any atom is -0.337 e. The van der Waals surface area contributed by atoms with Crippen molar-refractivity contribution < 1.29 is 14.4 Å². The highest BCUT2D eigenvalue weighted by molar-refractivity contribution is 8.00. The van der Waals surface area contributed by atoms with Gasteiger partial charge in [0.25, 0.3) is 11.8 Å². The predicted molar refractivity (Wildman–Crippen MR) is 111 cm³/mol. The molecule has 9 heteroatoms. The zero-order valence-electron chi connectivity index (χ0n) is 16.5. The van der Waals surface area contributed by atoms with Gasteiger partial charge in [0.05, 0.1) is 6.54 Å². The molecular weight excluding hydrogens is 396 g/mol. The molecule has 1 aromatic heterocycles. The van der Waals surface area contributed by atoms with Crippen LogP contribution in [0, 0.1) is 5.92 Å². The first-order valence-electron chi connectivity index (χ1n) is 9.39. The number of thiazole rings is 1. The molecule has 3 rings (SSSR count). The quantitative estimate of drug-likeness (QED) is 0.433. The first-order chi connectivity index (χ1) is 13.3. The molecule has 2 aliphatic rings. The summed E-state index contributed by atoms with van der Waals surface area (Å²) in [4.78, 5) is 45.6. The lowest BCUT2D eigenvalue weighted by atomic mass is 9.75. The number of aromatic nitrogens is 1. The van der Waals surface area contributed by atoms with Gasteiger partial charge in [0.15, 0.2) is 0 Å². The molecule has 0 saturated carbocycles. The summed E-state index contributed by atoms with van der Waals surface area (Å²) in [7, 11) is 0. The summed E-state index contributed by atoms with van der Waals surface area (Å²) in [5, 5.41) is 4.75. The van der Waals surface area contributed by atoms with Crippen molar-refractivity contribution in [2.24, 2.45) is 5.92 Å². The van der Waals surface area contributed by atoms with Gasteiger partial charge in [-0.3, -0.25) is 14.5 Å². The molecule has 0 unspecified atom stereocenters. The number of piperidine rings is 1. The van der Waals surface area contributed by atoms with Gasteiger partial charge in [0.1, 0.15) is 15.6 Å². The highest BCUT2D eigenvalue weighted by Crippen LogP contribution is 2.36. The predicted octanol–water partition coefficient (Wildman–Crippen LogP) is 2.99. The van der Waals surface area contributed by atoms with Crippen LogP contribution in [-0.2, 0) is 4.79 Å². The second-order valence-corrected chi connectivity index (χ2v) is 9.28.